The molecule has 28 heavy (non-hydrogen) atoms. The maximum absolute atomic E-state index is 12.7. The summed E-state index contributed by atoms with van der Waals surface area (Å²) in [6.07, 6.45) is 0. The summed E-state index contributed by atoms with van der Waals surface area (Å²) in [5.74, 6) is 1.20. The summed E-state index contributed by atoms with van der Waals surface area (Å²) in [5.41, 5.74) is 1.49. The highest BCUT2D eigenvalue weighted by Gasteiger charge is 2.20. The van der Waals surface area contributed by atoms with Gasteiger partial charge in [0.15, 0.2) is 0 Å². The molecule has 1 aromatic heterocycles. The Morgan fingerprint density at radius 1 is 0.857 bits per heavy atom. The number of hydrogen-bond donors (Lipinski definition) is 1. The quantitative estimate of drug-likeness (QED) is 0.532. The van der Waals surface area contributed by atoms with Crippen LogP contribution in [0.25, 0.3) is 16.9 Å². The largest absolute Gasteiger partial charge is 0.493 e. The highest BCUT2D eigenvalue weighted by Crippen LogP contribution is 2.31. The highest BCUT2D eigenvalue weighted by molar-refractivity contribution is 6.30. The van der Waals surface area contributed by atoms with Crippen molar-refractivity contribution in [2.24, 2.45) is 7.05 Å². The maximum Gasteiger partial charge on any atom is 0.335 e. The van der Waals surface area contributed by atoms with E-state index in [9.17, 15) is 9.90 Å². The number of ether oxygens (including phenoxy) is 1. The topological polar surface area (TPSA) is 56.4 Å². The molecule has 0 amide bonds. The molecular formula is C22H17ClN2O3. The molecule has 0 unspecified atom stereocenters. The van der Waals surface area contributed by atoms with Crippen molar-refractivity contribution >= 4 is 11.6 Å². The van der Waals surface area contributed by atoms with Gasteiger partial charge in [0.05, 0.1) is 5.69 Å². The summed E-state index contributed by atoms with van der Waals surface area (Å²) in [4.78, 5) is 12.7. The number of aromatic hydroxyl groups is 1. The van der Waals surface area contributed by atoms with Gasteiger partial charge in [-0.15, -0.1) is 0 Å². The maximum atomic E-state index is 12.7. The van der Waals surface area contributed by atoms with Crippen LogP contribution in [0.15, 0.2) is 83.7 Å². The normalized spacial score (nSPS) is 10.8. The van der Waals surface area contributed by atoms with Crippen molar-refractivity contribution < 1.29 is 9.84 Å². The smallest absolute Gasteiger partial charge is 0.335 e. The number of nitrogens with zero attached hydrogens (tertiary/aromatic N) is 2. The van der Waals surface area contributed by atoms with Gasteiger partial charge in [-0.25, -0.2) is 4.79 Å². The van der Waals surface area contributed by atoms with Crippen LogP contribution in [0.5, 0.6) is 17.4 Å². The van der Waals surface area contributed by atoms with Crippen LogP contribution in [0.4, 0.5) is 0 Å². The molecule has 0 radical (unpaired) electrons. The van der Waals surface area contributed by atoms with E-state index in [2.05, 4.69) is 0 Å². The lowest BCUT2D eigenvalue weighted by Gasteiger charge is -2.10. The third-order valence-corrected chi connectivity index (χ3v) is 4.67. The van der Waals surface area contributed by atoms with Gasteiger partial charge in [0.1, 0.15) is 17.2 Å². The third-order valence-electron chi connectivity index (χ3n) is 4.42. The Balaban J connectivity index is 1.73. The zero-order valence-corrected chi connectivity index (χ0v) is 15.8. The van der Waals surface area contributed by atoms with Crippen LogP contribution in [0, 0.1) is 0 Å². The first-order valence-electron chi connectivity index (χ1n) is 8.64. The molecule has 0 fully saturated rings. The second-order valence-electron chi connectivity index (χ2n) is 6.27. The molecule has 140 valence electrons. The molecular weight excluding hydrogens is 376 g/mol. The highest BCUT2D eigenvalue weighted by atomic mass is 35.5. The summed E-state index contributed by atoms with van der Waals surface area (Å²) in [7, 11) is 1.54. The number of hydrogen-bond acceptors (Lipinski definition) is 3. The van der Waals surface area contributed by atoms with Gasteiger partial charge in [-0.2, -0.15) is 0 Å². The van der Waals surface area contributed by atoms with Crippen molar-refractivity contribution in [3.8, 4) is 34.3 Å². The van der Waals surface area contributed by atoms with Gasteiger partial charge in [0, 0.05) is 17.6 Å². The second kappa shape index (κ2) is 7.29. The SMILES string of the molecule is Cn1c(O)c(-c2ccccc2)n(-c2ccc(Oc3ccc(Cl)cc3)cc2)c1=O. The second-order valence-corrected chi connectivity index (χ2v) is 6.70. The number of imidazole rings is 1. The fourth-order valence-electron chi connectivity index (χ4n) is 2.99. The van der Waals surface area contributed by atoms with E-state index in [1.807, 2.05) is 30.3 Å². The van der Waals surface area contributed by atoms with E-state index in [4.69, 9.17) is 16.3 Å². The third kappa shape index (κ3) is 3.28. The molecule has 4 aromatic rings. The molecule has 0 aliphatic rings. The van der Waals surface area contributed by atoms with E-state index >= 15 is 0 Å². The number of halogens is 1. The van der Waals surface area contributed by atoms with Crippen LogP contribution >= 0.6 is 11.6 Å². The molecule has 1 heterocycles. The standard InChI is InChI=1S/C22H17ClN2O3/c1-24-21(26)20(15-5-3-2-4-6-15)25(22(24)27)17-9-13-19(14-10-17)28-18-11-7-16(23)8-12-18/h2-14,26H,1H3. The summed E-state index contributed by atoms with van der Waals surface area (Å²) >= 11 is 5.89. The van der Waals surface area contributed by atoms with E-state index in [0.29, 0.717) is 27.9 Å². The molecule has 0 saturated carbocycles. The molecule has 0 spiro atoms. The fraction of sp³-hybridized carbons (Fsp3) is 0.0455. The Labute approximate surface area is 166 Å². The van der Waals surface area contributed by atoms with E-state index in [1.165, 1.54) is 9.13 Å². The molecule has 5 nitrogen and oxygen atoms in total. The molecule has 0 aliphatic carbocycles. The van der Waals surface area contributed by atoms with Gasteiger partial charge in [-0.1, -0.05) is 41.9 Å². The van der Waals surface area contributed by atoms with Crippen LogP contribution in [0.2, 0.25) is 5.02 Å². The lowest BCUT2D eigenvalue weighted by atomic mass is 10.1. The number of benzene rings is 3. The first kappa shape index (κ1) is 17.9. The van der Waals surface area contributed by atoms with Crippen LogP contribution in [0.1, 0.15) is 0 Å². The lowest BCUT2D eigenvalue weighted by Crippen LogP contribution is -2.21. The van der Waals surface area contributed by atoms with Crippen LogP contribution < -0.4 is 10.4 Å². The minimum Gasteiger partial charge on any atom is -0.493 e. The van der Waals surface area contributed by atoms with Gasteiger partial charge in [0.25, 0.3) is 0 Å². The van der Waals surface area contributed by atoms with Crippen molar-refractivity contribution in [2.75, 3.05) is 0 Å². The molecule has 3 aromatic carbocycles. The van der Waals surface area contributed by atoms with Gasteiger partial charge < -0.3 is 9.84 Å². The average Bonchev–Trinajstić information content (AvgIpc) is 2.95. The summed E-state index contributed by atoms with van der Waals surface area (Å²) in [6.45, 7) is 0. The minimum absolute atomic E-state index is 0.0855. The zero-order valence-electron chi connectivity index (χ0n) is 15.0. The van der Waals surface area contributed by atoms with Crippen molar-refractivity contribution in [3.63, 3.8) is 0 Å². The average molecular weight is 393 g/mol. The zero-order chi connectivity index (χ0) is 19.7. The van der Waals surface area contributed by atoms with E-state index in [1.54, 1.807) is 55.6 Å². The van der Waals surface area contributed by atoms with Crippen molar-refractivity contribution in [2.45, 2.75) is 0 Å². The monoisotopic (exact) mass is 392 g/mol. The first-order valence-corrected chi connectivity index (χ1v) is 9.02. The Morgan fingerprint density at radius 3 is 2.04 bits per heavy atom. The van der Waals surface area contributed by atoms with Crippen molar-refractivity contribution in [1.82, 2.24) is 9.13 Å². The molecule has 1 N–H and O–H groups in total. The fourth-order valence-corrected chi connectivity index (χ4v) is 3.12. The lowest BCUT2D eigenvalue weighted by molar-refractivity contribution is 0.431. The van der Waals surface area contributed by atoms with Crippen LogP contribution in [-0.2, 0) is 7.05 Å². The predicted octanol–water partition coefficient (Wildman–Crippen LogP) is 4.99. The number of rotatable bonds is 4. The predicted molar refractivity (Wildman–Crippen MR) is 110 cm³/mol. The molecule has 4 rings (SSSR count). The van der Waals surface area contributed by atoms with Crippen molar-refractivity contribution in [1.29, 1.82) is 0 Å². The van der Waals surface area contributed by atoms with Crippen LogP contribution in [0.3, 0.4) is 0 Å². The van der Waals surface area contributed by atoms with E-state index in [-0.39, 0.29) is 11.6 Å². The minimum atomic E-state index is -0.331. The number of aromatic nitrogens is 2. The Hall–Kier alpha value is -3.44. The van der Waals surface area contributed by atoms with E-state index in [0.717, 1.165) is 5.56 Å². The Morgan fingerprint density at radius 2 is 1.43 bits per heavy atom. The van der Waals surface area contributed by atoms with E-state index < -0.39 is 0 Å². The molecule has 0 bridgehead atoms. The molecule has 0 saturated heterocycles. The van der Waals surface area contributed by atoms with Crippen LogP contribution in [-0.4, -0.2) is 14.2 Å². The van der Waals surface area contributed by atoms with Gasteiger partial charge in [-0.3, -0.25) is 9.13 Å². The van der Waals surface area contributed by atoms with Gasteiger partial charge in [-0.05, 0) is 48.5 Å². The molecule has 6 heteroatoms. The van der Waals surface area contributed by atoms with Gasteiger partial charge in [0.2, 0.25) is 5.88 Å². The van der Waals surface area contributed by atoms with Gasteiger partial charge >= 0.3 is 5.69 Å². The Kier molecular flexibility index (Phi) is 4.67. The summed E-state index contributed by atoms with van der Waals surface area (Å²) in [5, 5.41) is 11.1. The Bertz CT molecular complexity index is 1160. The van der Waals surface area contributed by atoms with Crippen molar-refractivity contribution in [3.05, 3.63) is 94.4 Å². The summed E-state index contributed by atoms with van der Waals surface area (Å²) < 4.78 is 8.50. The molecule has 0 atom stereocenters. The molecule has 0 aliphatic heterocycles. The summed E-state index contributed by atoms with van der Waals surface area (Å²) in [6, 6.07) is 23.5. The first-order chi connectivity index (χ1) is 13.5.